The number of ether oxygens (including phenoxy) is 5. The van der Waals surface area contributed by atoms with Gasteiger partial charge in [-0.05, 0) is 110 Å². The normalized spacial score (nSPS) is 12.8. The largest absolute Gasteiger partial charge is 0.508 e. The highest BCUT2D eigenvalue weighted by molar-refractivity contribution is 9.11. The van der Waals surface area contributed by atoms with Gasteiger partial charge in [-0.2, -0.15) is 8.42 Å². The molecular weight excluding hydrogens is 967 g/mol. The highest BCUT2D eigenvalue weighted by Gasteiger charge is 2.33. The highest BCUT2D eigenvalue weighted by atomic mass is 79.9. The lowest BCUT2D eigenvalue weighted by Gasteiger charge is -2.25. The molecule has 0 aliphatic rings. The van der Waals surface area contributed by atoms with Crippen LogP contribution >= 0.6 is 50.5 Å². The Labute approximate surface area is 395 Å². The van der Waals surface area contributed by atoms with E-state index in [0.717, 1.165) is 11.1 Å². The molecule has 2 aromatic heterocycles. The summed E-state index contributed by atoms with van der Waals surface area (Å²) >= 11 is 19.3. The molecule has 0 amide bonds. The summed E-state index contributed by atoms with van der Waals surface area (Å²) < 4.78 is 63.0. The first-order chi connectivity index (χ1) is 30.4. The van der Waals surface area contributed by atoms with Gasteiger partial charge >= 0.3 is 5.97 Å². The van der Waals surface area contributed by atoms with Crippen LogP contribution in [0.1, 0.15) is 48.6 Å². The number of halogens is 3. The summed E-state index contributed by atoms with van der Waals surface area (Å²) in [5.41, 5.74) is 3.75. The monoisotopic (exact) mass is 1010 g/mol. The van der Waals surface area contributed by atoms with Crippen molar-refractivity contribution in [1.82, 2.24) is 9.97 Å². The van der Waals surface area contributed by atoms with Crippen LogP contribution in [0.3, 0.4) is 0 Å². The average molecular weight is 1010 g/mol. The molecule has 2 heterocycles. The van der Waals surface area contributed by atoms with Crippen LogP contribution in [0.15, 0.2) is 100 Å². The number of hydrogen-bond acceptors (Lipinski definition) is 13. The fourth-order valence-electron chi connectivity index (χ4n) is 6.59. The van der Waals surface area contributed by atoms with E-state index >= 15 is 0 Å². The molecule has 4 aromatic carbocycles. The lowest BCUT2D eigenvalue weighted by Crippen LogP contribution is -2.37. The molecule has 0 aliphatic carbocycles. The summed E-state index contributed by atoms with van der Waals surface area (Å²) in [6.07, 6.45) is 0.589. The zero-order chi connectivity index (χ0) is 46.3. The molecule has 64 heavy (non-hydrogen) atoms. The predicted molar refractivity (Wildman–Crippen MR) is 253 cm³/mol. The van der Waals surface area contributed by atoms with Gasteiger partial charge in [0.05, 0.1) is 37.3 Å². The summed E-state index contributed by atoms with van der Waals surface area (Å²) in [7, 11) is -4.15. The van der Waals surface area contributed by atoms with Crippen LogP contribution in [0, 0.1) is 20.8 Å². The third-order valence-corrected chi connectivity index (χ3v) is 13.6. The SMILES string of the molecule is C=CCOC[C@H](COS(=O)(=O)c1ccc(C)cc1)Oc1c(Cl)c(C)c(-c2c(Br)sc3ncnc(OC(Cc4cc(O)ccc4OCc4ccccc4)C(=O)OC(C)(C)C)c23)c(C)c1Cl. The summed E-state index contributed by atoms with van der Waals surface area (Å²) in [4.78, 5) is 23.6. The Morgan fingerprint density at radius 2 is 1.62 bits per heavy atom. The maximum Gasteiger partial charge on any atom is 0.348 e. The van der Waals surface area contributed by atoms with E-state index in [2.05, 4.69) is 32.5 Å². The van der Waals surface area contributed by atoms with Crippen LogP contribution in [0.4, 0.5) is 0 Å². The Balaban J connectivity index is 1.37. The fourth-order valence-corrected chi connectivity index (χ4v) is 9.76. The lowest BCUT2D eigenvalue weighted by molar-refractivity contribution is -0.163. The molecule has 0 saturated heterocycles. The second kappa shape index (κ2) is 21.0. The second-order valence-electron chi connectivity index (χ2n) is 15.7. The first kappa shape index (κ1) is 48.7. The van der Waals surface area contributed by atoms with E-state index in [9.17, 15) is 18.3 Å². The van der Waals surface area contributed by atoms with Gasteiger partial charge in [0, 0.05) is 17.5 Å². The number of aryl methyl sites for hydroxylation is 1. The van der Waals surface area contributed by atoms with Gasteiger partial charge in [-0.15, -0.1) is 17.9 Å². The van der Waals surface area contributed by atoms with E-state index in [1.807, 2.05) is 37.3 Å². The van der Waals surface area contributed by atoms with Crippen molar-refractivity contribution in [1.29, 1.82) is 0 Å². The number of esters is 1. The number of nitrogens with zero attached hydrogens (tertiary/aromatic N) is 2. The second-order valence-corrected chi connectivity index (χ2v) is 20.4. The molecule has 0 spiro atoms. The van der Waals surface area contributed by atoms with Gasteiger partial charge in [0.25, 0.3) is 10.1 Å². The van der Waals surface area contributed by atoms with Gasteiger partial charge in [-0.1, -0.05) is 77.3 Å². The molecule has 0 bridgehead atoms. The number of rotatable bonds is 19. The zero-order valence-electron chi connectivity index (χ0n) is 35.9. The number of aromatic hydroxyl groups is 1. The number of benzene rings is 4. The van der Waals surface area contributed by atoms with Crippen molar-refractivity contribution in [3.8, 4) is 34.3 Å². The quantitative estimate of drug-likeness (QED) is 0.0356. The van der Waals surface area contributed by atoms with Crippen LogP contribution < -0.4 is 14.2 Å². The molecule has 6 aromatic rings. The molecule has 338 valence electrons. The molecule has 0 radical (unpaired) electrons. The molecule has 12 nitrogen and oxygen atoms in total. The number of phenolic OH excluding ortho intramolecular Hbond substituents is 1. The first-order valence-corrected chi connectivity index (χ1v) is 23.7. The van der Waals surface area contributed by atoms with E-state index < -0.39 is 40.5 Å². The minimum atomic E-state index is -4.15. The minimum absolute atomic E-state index is 0.00811. The van der Waals surface area contributed by atoms with E-state index in [4.69, 9.17) is 51.1 Å². The Bertz CT molecular complexity index is 2720. The van der Waals surface area contributed by atoms with E-state index in [1.165, 1.54) is 41.9 Å². The Kier molecular flexibility index (Phi) is 16.0. The predicted octanol–water partition coefficient (Wildman–Crippen LogP) is 11.3. The Morgan fingerprint density at radius 3 is 2.28 bits per heavy atom. The van der Waals surface area contributed by atoms with E-state index in [-0.39, 0.29) is 58.6 Å². The smallest absolute Gasteiger partial charge is 0.348 e. The van der Waals surface area contributed by atoms with Gasteiger partial charge in [-0.25, -0.2) is 14.8 Å². The minimum Gasteiger partial charge on any atom is -0.508 e. The van der Waals surface area contributed by atoms with Crippen molar-refractivity contribution in [2.45, 2.75) is 77.3 Å². The van der Waals surface area contributed by atoms with Crippen molar-refractivity contribution < 1.29 is 46.2 Å². The van der Waals surface area contributed by atoms with E-state index in [1.54, 1.807) is 58.9 Å². The van der Waals surface area contributed by atoms with Crippen molar-refractivity contribution in [3.05, 3.63) is 133 Å². The topological polar surface area (TPSA) is 153 Å². The van der Waals surface area contributed by atoms with Gasteiger partial charge in [-0.3, -0.25) is 4.18 Å². The summed E-state index contributed by atoms with van der Waals surface area (Å²) in [5.74, 6) is -0.0917. The van der Waals surface area contributed by atoms with Crippen molar-refractivity contribution in [2.24, 2.45) is 0 Å². The van der Waals surface area contributed by atoms with Crippen molar-refractivity contribution >= 4 is 76.8 Å². The number of aromatic nitrogens is 2. The average Bonchev–Trinajstić information content (AvgIpc) is 3.58. The van der Waals surface area contributed by atoms with Gasteiger partial charge < -0.3 is 28.8 Å². The summed E-state index contributed by atoms with van der Waals surface area (Å²) in [5, 5.41) is 11.3. The van der Waals surface area contributed by atoms with Crippen LogP contribution in [0.5, 0.6) is 23.1 Å². The number of phenols is 1. The molecule has 0 fully saturated rings. The van der Waals surface area contributed by atoms with Crippen LogP contribution in [-0.2, 0) is 41.6 Å². The number of fused-ring (bicyclic) bond motifs is 1. The van der Waals surface area contributed by atoms with Gasteiger partial charge in [0.15, 0.2) is 5.75 Å². The fraction of sp³-hybridized carbons (Fsp3) is 0.298. The first-order valence-electron chi connectivity index (χ1n) is 20.0. The summed E-state index contributed by atoms with van der Waals surface area (Å²) in [6, 6.07) is 20.6. The molecule has 1 unspecified atom stereocenters. The molecule has 17 heteroatoms. The number of carbonyl (C=O) groups excluding carboxylic acids is 1. The Hall–Kier alpha value is -4.74. The lowest BCUT2D eigenvalue weighted by atomic mass is 9.95. The Morgan fingerprint density at radius 1 is 0.938 bits per heavy atom. The molecule has 6 rings (SSSR count). The van der Waals surface area contributed by atoms with Crippen molar-refractivity contribution in [2.75, 3.05) is 19.8 Å². The third-order valence-electron chi connectivity index (χ3n) is 9.62. The molecule has 2 atom stereocenters. The highest BCUT2D eigenvalue weighted by Crippen LogP contribution is 2.52. The maximum absolute atomic E-state index is 14.0. The molecular formula is C47H47BrCl2N2O10S2. The van der Waals surface area contributed by atoms with Gasteiger partial charge in [0.2, 0.25) is 12.0 Å². The van der Waals surface area contributed by atoms with Crippen LogP contribution in [0.25, 0.3) is 21.3 Å². The number of hydrogen-bond donors (Lipinski definition) is 1. The maximum atomic E-state index is 14.0. The number of thiophene rings is 1. The van der Waals surface area contributed by atoms with Crippen LogP contribution in [-0.4, -0.2) is 67.1 Å². The standard InChI is InChI=1S/C47H47BrCl2N2O10S2/c1-8-20-57-24-33(25-59-64(55,56)34-17-14-27(2)15-18-34)60-42-40(49)28(3)37(29(4)41(42)50)38-39-44(51-26-52-45(39)63-43(38)48)61-36(46(54)62-47(5,6)7)22-31-21-32(53)16-19-35(31)58-23-30-12-10-9-11-13-30/h8-19,21,26,33,36,53H,1,20,22-25H2,2-7H3/t33-,36?/m1/s1. The summed E-state index contributed by atoms with van der Waals surface area (Å²) in [6.45, 7) is 14.3. The molecule has 0 saturated carbocycles. The zero-order valence-corrected chi connectivity index (χ0v) is 40.7. The molecule has 0 aliphatic heterocycles. The van der Waals surface area contributed by atoms with E-state index in [0.29, 0.717) is 47.6 Å². The van der Waals surface area contributed by atoms with Crippen LogP contribution in [0.2, 0.25) is 10.0 Å². The number of carbonyl (C=O) groups is 1. The van der Waals surface area contributed by atoms with Gasteiger partial charge in [0.1, 0.15) is 47.6 Å². The third kappa shape index (κ3) is 11.9. The molecule has 1 N–H and O–H groups in total. The van der Waals surface area contributed by atoms with Crippen molar-refractivity contribution in [3.63, 3.8) is 0 Å².